The van der Waals surface area contributed by atoms with Gasteiger partial charge in [-0.05, 0) is 39.7 Å². The molecule has 4 heteroatoms. The second-order valence-electron chi connectivity index (χ2n) is 3.21. The smallest absolute Gasteiger partial charge is 0.0953 e. The van der Waals surface area contributed by atoms with Crippen molar-refractivity contribution in [1.29, 1.82) is 0 Å². The van der Waals surface area contributed by atoms with E-state index in [1.165, 1.54) is 0 Å². The van der Waals surface area contributed by atoms with Crippen molar-refractivity contribution in [2.75, 3.05) is 0 Å². The van der Waals surface area contributed by atoms with Crippen molar-refractivity contribution in [1.82, 2.24) is 0 Å². The summed E-state index contributed by atoms with van der Waals surface area (Å²) in [5.74, 6) is 0. The van der Waals surface area contributed by atoms with Gasteiger partial charge in [0, 0.05) is 10.0 Å². The van der Waals surface area contributed by atoms with E-state index in [1.54, 1.807) is 12.5 Å². The Labute approximate surface area is 101 Å². The van der Waals surface area contributed by atoms with E-state index in [-0.39, 0.29) is 6.04 Å². The van der Waals surface area contributed by atoms with Gasteiger partial charge in [-0.25, -0.2) is 0 Å². The third-order valence-electron chi connectivity index (χ3n) is 2.21. The topological polar surface area (TPSA) is 39.2 Å². The monoisotopic (exact) mass is 285 g/mol. The van der Waals surface area contributed by atoms with E-state index in [4.69, 9.17) is 21.8 Å². The zero-order chi connectivity index (χ0) is 10.8. The molecule has 0 bridgehead atoms. The number of nitrogens with two attached hydrogens (primary N) is 1. The van der Waals surface area contributed by atoms with Gasteiger partial charge < -0.3 is 10.2 Å². The molecule has 2 N–H and O–H groups in total. The molecule has 2 rings (SSSR count). The van der Waals surface area contributed by atoms with E-state index in [0.29, 0.717) is 5.02 Å². The van der Waals surface area contributed by atoms with Gasteiger partial charge in [-0.3, -0.25) is 0 Å². The fourth-order valence-corrected chi connectivity index (χ4v) is 1.86. The first-order valence-electron chi connectivity index (χ1n) is 4.41. The summed E-state index contributed by atoms with van der Waals surface area (Å²) in [6.45, 7) is 0. The lowest BCUT2D eigenvalue weighted by molar-refractivity contribution is 0.562. The van der Waals surface area contributed by atoms with Gasteiger partial charge in [0.2, 0.25) is 0 Å². The fourth-order valence-electron chi connectivity index (χ4n) is 1.35. The first-order chi connectivity index (χ1) is 7.18. The molecule has 1 atom stereocenters. The number of furan rings is 1. The predicted molar refractivity (Wildman–Crippen MR) is 63.9 cm³/mol. The largest absolute Gasteiger partial charge is 0.472 e. The molecule has 0 fully saturated rings. The molecule has 1 aromatic carbocycles. The van der Waals surface area contributed by atoms with E-state index in [1.807, 2.05) is 24.3 Å². The number of hydrogen-bond acceptors (Lipinski definition) is 2. The highest BCUT2D eigenvalue weighted by Crippen LogP contribution is 2.27. The maximum absolute atomic E-state index is 6.06. The Bertz CT molecular complexity index is 456. The van der Waals surface area contributed by atoms with E-state index < -0.39 is 0 Å². The van der Waals surface area contributed by atoms with Crippen LogP contribution in [0.5, 0.6) is 0 Å². The molecule has 0 aliphatic rings. The van der Waals surface area contributed by atoms with Gasteiger partial charge in [0.15, 0.2) is 0 Å². The molecule has 1 heterocycles. The molecule has 2 aromatic rings. The first kappa shape index (κ1) is 10.7. The highest BCUT2D eigenvalue weighted by molar-refractivity contribution is 9.10. The van der Waals surface area contributed by atoms with E-state index in [2.05, 4.69) is 15.9 Å². The van der Waals surface area contributed by atoms with Crippen molar-refractivity contribution in [2.45, 2.75) is 6.04 Å². The van der Waals surface area contributed by atoms with Gasteiger partial charge in [-0.1, -0.05) is 17.7 Å². The molecule has 0 saturated heterocycles. The molecule has 1 unspecified atom stereocenters. The molecule has 0 aliphatic carbocycles. The van der Waals surface area contributed by atoms with Gasteiger partial charge in [0.1, 0.15) is 0 Å². The second-order valence-corrected chi connectivity index (χ2v) is 4.47. The van der Waals surface area contributed by atoms with Gasteiger partial charge in [0.25, 0.3) is 0 Å². The third-order valence-corrected chi connectivity index (χ3v) is 3.42. The normalized spacial score (nSPS) is 12.7. The summed E-state index contributed by atoms with van der Waals surface area (Å²) in [5, 5.41) is 0.679. The van der Waals surface area contributed by atoms with Gasteiger partial charge in [0.05, 0.1) is 23.6 Å². The van der Waals surface area contributed by atoms with E-state index in [9.17, 15) is 0 Å². The number of hydrogen-bond donors (Lipinski definition) is 1. The van der Waals surface area contributed by atoms with Crippen molar-refractivity contribution in [2.24, 2.45) is 5.73 Å². The lowest BCUT2D eigenvalue weighted by Crippen LogP contribution is -2.10. The third kappa shape index (κ3) is 2.25. The summed E-state index contributed by atoms with van der Waals surface area (Å²) < 4.78 is 5.84. The molecule has 1 aromatic heterocycles. The van der Waals surface area contributed by atoms with Gasteiger partial charge in [-0.15, -0.1) is 0 Å². The average molecular weight is 287 g/mol. The van der Waals surface area contributed by atoms with Crippen molar-refractivity contribution in [3.63, 3.8) is 0 Å². The van der Waals surface area contributed by atoms with Crippen LogP contribution in [0.2, 0.25) is 5.02 Å². The molecule has 0 saturated carbocycles. The molecule has 78 valence electrons. The maximum atomic E-state index is 6.06. The summed E-state index contributed by atoms with van der Waals surface area (Å²) in [6.07, 6.45) is 3.26. The minimum atomic E-state index is -0.183. The summed E-state index contributed by atoms with van der Waals surface area (Å²) in [5.41, 5.74) is 8.00. The van der Waals surface area contributed by atoms with Crippen LogP contribution in [0.4, 0.5) is 0 Å². The number of benzene rings is 1. The fraction of sp³-hybridized carbons (Fsp3) is 0.0909. The number of halogens is 2. The summed E-state index contributed by atoms with van der Waals surface area (Å²) in [4.78, 5) is 0. The Morgan fingerprint density at radius 3 is 2.67 bits per heavy atom. The Kier molecular flexibility index (Phi) is 3.14. The molecule has 0 radical (unpaired) electrons. The number of rotatable bonds is 2. The Morgan fingerprint density at radius 1 is 1.27 bits per heavy atom. The highest BCUT2D eigenvalue weighted by Gasteiger charge is 2.11. The SMILES string of the molecule is NC(c1ccoc1)c1ccc(Cl)c(Br)c1. The van der Waals surface area contributed by atoms with Gasteiger partial charge in [-0.2, -0.15) is 0 Å². The standard InChI is InChI=1S/C11H9BrClNO/c12-9-5-7(1-2-10(9)13)11(14)8-3-4-15-6-8/h1-6,11H,14H2. The minimum absolute atomic E-state index is 0.183. The average Bonchev–Trinajstić information content (AvgIpc) is 2.74. The molecule has 0 amide bonds. The predicted octanol–water partition coefficient (Wildman–Crippen LogP) is 3.74. The first-order valence-corrected chi connectivity index (χ1v) is 5.58. The minimum Gasteiger partial charge on any atom is -0.472 e. The van der Waals surface area contributed by atoms with Crippen LogP contribution in [0.1, 0.15) is 17.2 Å². The van der Waals surface area contributed by atoms with Crippen LogP contribution in [0.15, 0.2) is 45.7 Å². The van der Waals surface area contributed by atoms with Crippen LogP contribution in [-0.2, 0) is 0 Å². The quantitative estimate of drug-likeness (QED) is 0.913. The second kappa shape index (κ2) is 4.39. The van der Waals surface area contributed by atoms with E-state index in [0.717, 1.165) is 15.6 Å². The highest BCUT2D eigenvalue weighted by atomic mass is 79.9. The Morgan fingerprint density at radius 2 is 2.07 bits per heavy atom. The molecular formula is C11H9BrClNO. The lowest BCUT2D eigenvalue weighted by atomic mass is 10.0. The van der Waals surface area contributed by atoms with Crippen LogP contribution in [0.25, 0.3) is 0 Å². The summed E-state index contributed by atoms with van der Waals surface area (Å²) >= 11 is 9.27. The molecule has 0 aliphatic heterocycles. The van der Waals surface area contributed by atoms with E-state index >= 15 is 0 Å². The Hall–Kier alpha value is -0.770. The van der Waals surface area contributed by atoms with Crippen LogP contribution in [0.3, 0.4) is 0 Å². The van der Waals surface area contributed by atoms with Gasteiger partial charge >= 0.3 is 0 Å². The van der Waals surface area contributed by atoms with Crippen LogP contribution in [-0.4, -0.2) is 0 Å². The lowest BCUT2D eigenvalue weighted by Gasteiger charge is -2.10. The van der Waals surface area contributed by atoms with Crippen molar-refractivity contribution < 1.29 is 4.42 Å². The summed E-state index contributed by atoms with van der Waals surface area (Å²) in [6, 6.07) is 7.32. The molecular weight excluding hydrogens is 277 g/mol. The molecule has 0 spiro atoms. The molecule has 2 nitrogen and oxygen atoms in total. The summed E-state index contributed by atoms with van der Waals surface area (Å²) in [7, 11) is 0. The maximum Gasteiger partial charge on any atom is 0.0953 e. The zero-order valence-corrected chi connectivity index (χ0v) is 10.1. The van der Waals surface area contributed by atoms with Crippen molar-refractivity contribution in [3.05, 3.63) is 57.4 Å². The zero-order valence-electron chi connectivity index (χ0n) is 7.78. The van der Waals surface area contributed by atoms with Crippen molar-refractivity contribution >= 4 is 27.5 Å². The van der Waals surface area contributed by atoms with Crippen LogP contribution >= 0.6 is 27.5 Å². The molecule has 15 heavy (non-hydrogen) atoms. The van der Waals surface area contributed by atoms with Crippen LogP contribution in [0, 0.1) is 0 Å². The Balaban J connectivity index is 2.34. The van der Waals surface area contributed by atoms with Crippen LogP contribution < -0.4 is 5.73 Å². The van der Waals surface area contributed by atoms with Crippen molar-refractivity contribution in [3.8, 4) is 0 Å².